The summed E-state index contributed by atoms with van der Waals surface area (Å²) in [5.41, 5.74) is 9.66. The highest BCUT2D eigenvalue weighted by atomic mass is 127. The van der Waals surface area contributed by atoms with Gasteiger partial charge in [-0.3, -0.25) is 4.98 Å². The molecule has 3 aromatic rings. The number of rotatable bonds is 2. The lowest BCUT2D eigenvalue weighted by Crippen LogP contribution is -2.13. The van der Waals surface area contributed by atoms with Crippen LogP contribution in [0.4, 0.5) is 0 Å². The molecule has 0 aliphatic rings. The van der Waals surface area contributed by atoms with Crippen LogP contribution in [0, 0.1) is 3.57 Å². The normalized spacial score (nSPS) is 12.5. The second-order valence-corrected chi connectivity index (χ2v) is 5.62. The maximum Gasteiger partial charge on any atom is 0.0702 e. The monoisotopic (exact) mass is 360 g/mol. The average Bonchev–Trinajstić information content (AvgIpc) is 2.46. The van der Waals surface area contributed by atoms with Gasteiger partial charge in [-0.15, -0.1) is 0 Å². The van der Waals surface area contributed by atoms with Gasteiger partial charge < -0.3 is 5.73 Å². The standard InChI is InChI=1S/C16H13IN2/c17-14-6-2-1-5-13(14)16(18)12-7-8-15-11(10-12)4-3-9-19-15/h1-10,16H,18H2. The van der Waals surface area contributed by atoms with Crippen molar-refractivity contribution in [2.75, 3.05) is 0 Å². The fraction of sp³-hybridized carbons (Fsp3) is 0.0625. The molecule has 19 heavy (non-hydrogen) atoms. The highest BCUT2D eigenvalue weighted by molar-refractivity contribution is 14.1. The van der Waals surface area contributed by atoms with Crippen LogP contribution in [0.5, 0.6) is 0 Å². The van der Waals surface area contributed by atoms with Gasteiger partial charge in [-0.25, -0.2) is 0 Å². The van der Waals surface area contributed by atoms with Crippen LogP contribution < -0.4 is 5.73 Å². The van der Waals surface area contributed by atoms with Crippen LogP contribution in [-0.4, -0.2) is 4.98 Å². The van der Waals surface area contributed by atoms with Crippen molar-refractivity contribution in [2.24, 2.45) is 5.73 Å². The van der Waals surface area contributed by atoms with Crippen LogP contribution in [0.1, 0.15) is 17.2 Å². The van der Waals surface area contributed by atoms with E-state index in [4.69, 9.17) is 5.73 Å². The van der Waals surface area contributed by atoms with Crippen molar-refractivity contribution in [3.05, 3.63) is 75.5 Å². The zero-order valence-electron chi connectivity index (χ0n) is 10.3. The Balaban J connectivity index is 2.07. The Morgan fingerprint density at radius 3 is 2.68 bits per heavy atom. The number of pyridine rings is 1. The largest absolute Gasteiger partial charge is 0.320 e. The lowest BCUT2D eigenvalue weighted by atomic mass is 9.98. The van der Waals surface area contributed by atoms with Crippen molar-refractivity contribution >= 4 is 33.5 Å². The van der Waals surface area contributed by atoms with Crippen molar-refractivity contribution in [3.63, 3.8) is 0 Å². The Labute approximate surface area is 125 Å². The van der Waals surface area contributed by atoms with Crippen molar-refractivity contribution in [2.45, 2.75) is 6.04 Å². The molecule has 0 aliphatic heterocycles. The summed E-state index contributed by atoms with van der Waals surface area (Å²) in [6, 6.07) is 18.3. The van der Waals surface area contributed by atoms with E-state index in [-0.39, 0.29) is 6.04 Å². The van der Waals surface area contributed by atoms with Gasteiger partial charge in [0.1, 0.15) is 0 Å². The summed E-state index contributed by atoms with van der Waals surface area (Å²) in [5.74, 6) is 0. The van der Waals surface area contributed by atoms with E-state index < -0.39 is 0 Å². The first-order chi connectivity index (χ1) is 9.25. The molecule has 0 radical (unpaired) electrons. The molecule has 2 N–H and O–H groups in total. The predicted molar refractivity (Wildman–Crippen MR) is 86.9 cm³/mol. The van der Waals surface area contributed by atoms with E-state index in [1.807, 2.05) is 30.5 Å². The van der Waals surface area contributed by atoms with E-state index in [1.54, 1.807) is 0 Å². The number of hydrogen-bond acceptors (Lipinski definition) is 2. The molecule has 1 unspecified atom stereocenters. The number of aromatic nitrogens is 1. The molecule has 94 valence electrons. The fourth-order valence-corrected chi connectivity index (χ4v) is 2.92. The van der Waals surface area contributed by atoms with Crippen LogP contribution in [-0.2, 0) is 0 Å². The third-order valence-corrected chi connectivity index (χ3v) is 4.21. The molecule has 3 rings (SSSR count). The maximum absolute atomic E-state index is 6.38. The molecule has 0 spiro atoms. The van der Waals surface area contributed by atoms with Crippen molar-refractivity contribution in [1.82, 2.24) is 4.98 Å². The summed E-state index contributed by atoms with van der Waals surface area (Å²) in [5, 5.41) is 1.13. The minimum absolute atomic E-state index is 0.0993. The molecule has 1 aromatic heterocycles. The molecule has 0 aliphatic carbocycles. The number of fused-ring (bicyclic) bond motifs is 1. The molecule has 0 amide bonds. The molecule has 0 saturated heterocycles. The van der Waals surface area contributed by atoms with E-state index >= 15 is 0 Å². The van der Waals surface area contributed by atoms with Crippen molar-refractivity contribution in [1.29, 1.82) is 0 Å². The van der Waals surface area contributed by atoms with Crippen LogP contribution >= 0.6 is 22.6 Å². The lowest BCUT2D eigenvalue weighted by molar-refractivity contribution is 0.867. The molecule has 0 saturated carbocycles. The van der Waals surface area contributed by atoms with Gasteiger partial charge in [-0.05, 0) is 58.0 Å². The van der Waals surface area contributed by atoms with E-state index in [0.29, 0.717) is 0 Å². The van der Waals surface area contributed by atoms with Gasteiger partial charge in [-0.2, -0.15) is 0 Å². The van der Waals surface area contributed by atoms with Crippen molar-refractivity contribution < 1.29 is 0 Å². The number of benzene rings is 2. The highest BCUT2D eigenvalue weighted by Gasteiger charge is 2.12. The Kier molecular flexibility index (Phi) is 3.48. The van der Waals surface area contributed by atoms with E-state index in [1.165, 1.54) is 3.57 Å². The first kappa shape index (κ1) is 12.6. The minimum atomic E-state index is -0.0993. The molecule has 2 aromatic carbocycles. The summed E-state index contributed by atoms with van der Waals surface area (Å²) in [6.45, 7) is 0. The van der Waals surface area contributed by atoms with Crippen LogP contribution in [0.15, 0.2) is 60.8 Å². The molecular weight excluding hydrogens is 347 g/mol. The molecule has 3 heteroatoms. The van der Waals surface area contributed by atoms with E-state index in [9.17, 15) is 0 Å². The van der Waals surface area contributed by atoms with Gasteiger partial charge in [-0.1, -0.05) is 30.3 Å². The fourth-order valence-electron chi connectivity index (χ4n) is 2.19. The Bertz CT molecular complexity index is 725. The molecule has 0 bridgehead atoms. The summed E-state index contributed by atoms with van der Waals surface area (Å²) < 4.78 is 1.19. The lowest BCUT2D eigenvalue weighted by Gasteiger charge is -2.14. The second-order valence-electron chi connectivity index (χ2n) is 4.45. The van der Waals surface area contributed by atoms with Crippen LogP contribution in [0.3, 0.4) is 0 Å². The Morgan fingerprint density at radius 2 is 1.84 bits per heavy atom. The van der Waals surface area contributed by atoms with E-state index in [0.717, 1.165) is 22.0 Å². The van der Waals surface area contributed by atoms with Crippen LogP contribution in [0.25, 0.3) is 10.9 Å². The van der Waals surface area contributed by atoms with Gasteiger partial charge in [0.15, 0.2) is 0 Å². The zero-order valence-corrected chi connectivity index (χ0v) is 12.4. The second kappa shape index (κ2) is 5.27. The summed E-state index contributed by atoms with van der Waals surface area (Å²) >= 11 is 2.33. The molecule has 0 fully saturated rings. The SMILES string of the molecule is NC(c1ccc2ncccc2c1)c1ccccc1I. The van der Waals surface area contributed by atoms with Crippen molar-refractivity contribution in [3.8, 4) is 0 Å². The zero-order chi connectivity index (χ0) is 13.2. The Hall–Kier alpha value is -1.46. The number of halogens is 1. The predicted octanol–water partition coefficient (Wildman–Crippen LogP) is 3.89. The highest BCUT2D eigenvalue weighted by Crippen LogP contribution is 2.26. The van der Waals surface area contributed by atoms with Gasteiger partial charge in [0.05, 0.1) is 11.6 Å². The molecule has 1 atom stereocenters. The van der Waals surface area contributed by atoms with E-state index in [2.05, 4.69) is 57.9 Å². The molecule has 1 heterocycles. The average molecular weight is 360 g/mol. The quantitative estimate of drug-likeness (QED) is 0.705. The Morgan fingerprint density at radius 1 is 1.00 bits per heavy atom. The van der Waals surface area contributed by atoms with Gasteiger partial charge in [0.2, 0.25) is 0 Å². The first-order valence-corrected chi connectivity index (χ1v) is 7.18. The van der Waals surface area contributed by atoms with Crippen LogP contribution in [0.2, 0.25) is 0 Å². The number of nitrogens with zero attached hydrogens (tertiary/aromatic N) is 1. The topological polar surface area (TPSA) is 38.9 Å². The first-order valence-electron chi connectivity index (χ1n) is 6.10. The van der Waals surface area contributed by atoms with Gasteiger partial charge >= 0.3 is 0 Å². The third kappa shape index (κ3) is 2.48. The third-order valence-electron chi connectivity index (χ3n) is 3.23. The number of hydrogen-bond donors (Lipinski definition) is 1. The number of nitrogens with two attached hydrogens (primary N) is 1. The van der Waals surface area contributed by atoms with Gasteiger partial charge in [0, 0.05) is 15.2 Å². The summed E-state index contributed by atoms with van der Waals surface area (Å²) in [6.07, 6.45) is 1.81. The molecular formula is C16H13IN2. The van der Waals surface area contributed by atoms with Gasteiger partial charge in [0.25, 0.3) is 0 Å². The maximum atomic E-state index is 6.38. The summed E-state index contributed by atoms with van der Waals surface area (Å²) in [4.78, 5) is 4.33. The summed E-state index contributed by atoms with van der Waals surface area (Å²) in [7, 11) is 0. The minimum Gasteiger partial charge on any atom is -0.320 e. The molecule has 2 nitrogen and oxygen atoms in total. The smallest absolute Gasteiger partial charge is 0.0702 e.